The molecule has 0 spiro atoms. The first-order chi connectivity index (χ1) is 16.9. The fourth-order valence-corrected chi connectivity index (χ4v) is 4.00. The van der Waals surface area contributed by atoms with Crippen molar-refractivity contribution in [2.24, 2.45) is 5.73 Å². The van der Waals surface area contributed by atoms with Gasteiger partial charge < -0.3 is 26.0 Å². The fraction of sp³-hybridized carbons (Fsp3) is 0.292. The average Bonchev–Trinajstić information content (AvgIpc) is 2.84. The Bertz CT molecular complexity index is 1270. The number of nitrogens with zero attached hydrogens (tertiary/aromatic N) is 1. The number of aromatic nitrogens is 1. The minimum Gasteiger partial charge on any atom is -0.475 e. The van der Waals surface area contributed by atoms with Crippen LogP contribution in [0.2, 0.25) is 0 Å². The van der Waals surface area contributed by atoms with E-state index in [1.807, 2.05) is 53.4 Å². The predicted octanol–water partition coefficient (Wildman–Crippen LogP) is 4.03. The van der Waals surface area contributed by atoms with Crippen LogP contribution >= 0.6 is 15.9 Å². The molecule has 12 heteroatoms. The third-order valence-corrected chi connectivity index (χ3v) is 6.17. The second kappa shape index (κ2) is 11.6. The number of likely N-dealkylation sites (tertiary alicyclic amines) is 1. The van der Waals surface area contributed by atoms with Crippen molar-refractivity contribution >= 4 is 44.4 Å². The summed E-state index contributed by atoms with van der Waals surface area (Å²) in [6.07, 6.45) is -3.36. The molecule has 2 heterocycles. The normalized spacial score (nSPS) is 15.1. The summed E-state index contributed by atoms with van der Waals surface area (Å²) in [5, 5.41) is 11.7. The lowest BCUT2D eigenvalue weighted by molar-refractivity contribution is -0.192. The van der Waals surface area contributed by atoms with Gasteiger partial charge in [-0.05, 0) is 54.8 Å². The number of benzene rings is 2. The maximum Gasteiger partial charge on any atom is 0.490 e. The molecule has 5 N–H and O–H groups in total. The van der Waals surface area contributed by atoms with E-state index in [4.69, 9.17) is 15.6 Å². The summed E-state index contributed by atoms with van der Waals surface area (Å²) in [7, 11) is 0. The van der Waals surface area contributed by atoms with Crippen molar-refractivity contribution in [1.82, 2.24) is 9.88 Å². The number of amides is 1. The van der Waals surface area contributed by atoms with Gasteiger partial charge in [0.1, 0.15) is 6.04 Å². The van der Waals surface area contributed by atoms with Crippen LogP contribution in [-0.2, 0) is 9.59 Å². The first kappa shape index (κ1) is 27.2. The number of pyridine rings is 1. The van der Waals surface area contributed by atoms with E-state index in [-0.39, 0.29) is 11.5 Å². The van der Waals surface area contributed by atoms with Crippen LogP contribution < -0.4 is 16.6 Å². The molecule has 1 aliphatic heterocycles. The number of carbonyl (C=O) groups is 2. The number of fused-ring (bicyclic) bond motifs is 1. The Hall–Kier alpha value is -3.38. The minimum atomic E-state index is -5.08. The van der Waals surface area contributed by atoms with E-state index >= 15 is 0 Å². The zero-order chi connectivity index (χ0) is 26.5. The van der Waals surface area contributed by atoms with Gasteiger partial charge in [-0.3, -0.25) is 9.59 Å². The first-order valence-electron chi connectivity index (χ1n) is 10.9. The van der Waals surface area contributed by atoms with Crippen LogP contribution in [0.5, 0.6) is 0 Å². The lowest BCUT2D eigenvalue weighted by Gasteiger charge is -2.34. The van der Waals surface area contributed by atoms with Gasteiger partial charge in [0.05, 0.1) is 0 Å². The molecule has 1 unspecified atom stereocenters. The Morgan fingerprint density at radius 3 is 2.28 bits per heavy atom. The number of carboxylic acid groups (broad SMARTS) is 1. The van der Waals surface area contributed by atoms with Crippen LogP contribution in [0.1, 0.15) is 24.4 Å². The Morgan fingerprint density at radius 1 is 1.08 bits per heavy atom. The van der Waals surface area contributed by atoms with Gasteiger partial charge in [0.2, 0.25) is 11.5 Å². The molecule has 0 bridgehead atoms. The van der Waals surface area contributed by atoms with Gasteiger partial charge in [0.15, 0.2) is 0 Å². The first-order valence-corrected chi connectivity index (χ1v) is 11.7. The predicted molar refractivity (Wildman–Crippen MR) is 133 cm³/mol. The second-order valence-corrected chi connectivity index (χ2v) is 9.12. The van der Waals surface area contributed by atoms with Gasteiger partial charge in [0, 0.05) is 46.3 Å². The van der Waals surface area contributed by atoms with Crippen LogP contribution in [0.3, 0.4) is 0 Å². The standard InChI is InChI=1S/C22H23BrN4O2.C2HF3O2/c23-16-4-1-14(2-5-16)21(24)22(29)27-11-9-17(10-12-27)25-18-6-7-19-15(13-18)3-8-20(28)26-19;3-2(4,5)1(6)7/h1-8,13,17,21,25H,9-12,24H2,(H,26,28);(H,6,7). The largest absolute Gasteiger partial charge is 0.490 e. The Balaban J connectivity index is 0.000000454. The number of aliphatic carboxylic acids is 1. The molecule has 0 aliphatic carbocycles. The van der Waals surface area contributed by atoms with E-state index < -0.39 is 18.2 Å². The Labute approximate surface area is 212 Å². The van der Waals surface area contributed by atoms with Crippen LogP contribution in [0, 0.1) is 0 Å². The van der Waals surface area contributed by atoms with E-state index in [0.717, 1.165) is 39.5 Å². The number of alkyl halides is 3. The highest BCUT2D eigenvalue weighted by Gasteiger charge is 2.38. The summed E-state index contributed by atoms with van der Waals surface area (Å²) >= 11 is 3.40. The SMILES string of the molecule is NC(C(=O)N1CCC(Nc2ccc3[nH]c(=O)ccc3c2)CC1)c1ccc(Br)cc1.O=C(O)C(F)(F)F. The van der Waals surface area contributed by atoms with E-state index in [9.17, 15) is 22.8 Å². The number of aromatic amines is 1. The summed E-state index contributed by atoms with van der Waals surface area (Å²) in [6, 6.07) is 16.5. The van der Waals surface area contributed by atoms with Gasteiger partial charge in [-0.2, -0.15) is 13.2 Å². The molecule has 4 rings (SSSR count). The lowest BCUT2D eigenvalue weighted by atomic mass is 10.0. The smallest absolute Gasteiger partial charge is 0.475 e. The zero-order valence-corrected chi connectivity index (χ0v) is 20.5. The molecule has 8 nitrogen and oxygen atoms in total. The van der Waals surface area contributed by atoms with Crippen molar-refractivity contribution in [3.05, 3.63) is 75.0 Å². The van der Waals surface area contributed by atoms with E-state index in [2.05, 4.69) is 26.2 Å². The maximum atomic E-state index is 12.8. The number of carbonyl (C=O) groups excluding carboxylic acids is 1. The van der Waals surface area contributed by atoms with Crippen molar-refractivity contribution < 1.29 is 27.9 Å². The summed E-state index contributed by atoms with van der Waals surface area (Å²) in [5.41, 5.74) is 8.76. The minimum absolute atomic E-state index is 0.0274. The van der Waals surface area contributed by atoms with Gasteiger partial charge in [-0.25, -0.2) is 4.79 Å². The highest BCUT2D eigenvalue weighted by atomic mass is 79.9. The highest BCUT2D eigenvalue weighted by molar-refractivity contribution is 9.10. The van der Waals surface area contributed by atoms with Crippen LogP contribution in [0.4, 0.5) is 18.9 Å². The third-order valence-electron chi connectivity index (χ3n) is 5.64. The van der Waals surface area contributed by atoms with E-state index in [1.165, 1.54) is 6.07 Å². The van der Waals surface area contributed by atoms with Crippen molar-refractivity contribution in [3.63, 3.8) is 0 Å². The number of hydrogen-bond donors (Lipinski definition) is 4. The monoisotopic (exact) mass is 568 g/mol. The molecule has 1 amide bonds. The van der Waals surface area contributed by atoms with Gasteiger partial charge in [-0.1, -0.05) is 28.1 Å². The highest BCUT2D eigenvalue weighted by Crippen LogP contribution is 2.23. The Morgan fingerprint density at radius 2 is 1.69 bits per heavy atom. The molecule has 0 saturated carbocycles. The second-order valence-electron chi connectivity index (χ2n) is 8.20. The van der Waals surface area contributed by atoms with Crippen LogP contribution in [-0.4, -0.2) is 52.2 Å². The number of nitrogens with one attached hydrogen (secondary N) is 2. The summed E-state index contributed by atoms with van der Waals surface area (Å²) < 4.78 is 32.7. The molecule has 1 fully saturated rings. The Kier molecular flexibility index (Phi) is 8.75. The summed E-state index contributed by atoms with van der Waals surface area (Å²) in [6.45, 7) is 1.36. The molecule has 192 valence electrons. The molecule has 2 aromatic carbocycles. The lowest BCUT2D eigenvalue weighted by Crippen LogP contribution is -2.45. The van der Waals surface area contributed by atoms with Gasteiger partial charge in [-0.15, -0.1) is 0 Å². The van der Waals surface area contributed by atoms with Crippen molar-refractivity contribution in [2.45, 2.75) is 31.1 Å². The van der Waals surface area contributed by atoms with Crippen LogP contribution in [0.25, 0.3) is 10.9 Å². The van der Waals surface area contributed by atoms with Crippen molar-refractivity contribution in [2.75, 3.05) is 18.4 Å². The third kappa shape index (κ3) is 7.31. The molecular weight excluding hydrogens is 545 g/mol. The summed E-state index contributed by atoms with van der Waals surface area (Å²) in [5.74, 6) is -2.78. The molecule has 1 aromatic heterocycles. The topological polar surface area (TPSA) is 129 Å². The van der Waals surface area contributed by atoms with Crippen molar-refractivity contribution in [1.29, 1.82) is 0 Å². The number of nitrogens with two attached hydrogens (primary N) is 1. The number of carboxylic acids is 1. The molecule has 1 saturated heterocycles. The molecule has 0 radical (unpaired) electrons. The number of hydrogen-bond acceptors (Lipinski definition) is 5. The number of rotatable bonds is 4. The quantitative estimate of drug-likeness (QED) is 0.376. The van der Waals surface area contributed by atoms with Crippen molar-refractivity contribution in [3.8, 4) is 0 Å². The van der Waals surface area contributed by atoms with E-state index in [1.54, 1.807) is 0 Å². The van der Waals surface area contributed by atoms with Gasteiger partial charge >= 0.3 is 12.1 Å². The number of piperidine rings is 1. The molecule has 1 atom stereocenters. The number of anilines is 1. The zero-order valence-electron chi connectivity index (χ0n) is 18.9. The van der Waals surface area contributed by atoms with E-state index in [0.29, 0.717) is 19.1 Å². The van der Waals surface area contributed by atoms with Gasteiger partial charge in [0.25, 0.3) is 0 Å². The van der Waals surface area contributed by atoms with Crippen LogP contribution in [0.15, 0.2) is 63.9 Å². The molecular formula is C24H24BrF3N4O4. The fourth-order valence-electron chi connectivity index (χ4n) is 3.73. The maximum absolute atomic E-state index is 12.8. The average molecular weight is 569 g/mol. The number of H-pyrrole nitrogens is 1. The summed E-state index contributed by atoms with van der Waals surface area (Å²) in [4.78, 5) is 37.7. The number of halogens is 4. The molecule has 1 aliphatic rings. The molecule has 3 aromatic rings. The molecule has 36 heavy (non-hydrogen) atoms.